The number of hydrogen-bond donors (Lipinski definition) is 1. The molecule has 2 rings (SSSR count). The third kappa shape index (κ3) is 4.02. The summed E-state index contributed by atoms with van der Waals surface area (Å²) in [6.07, 6.45) is 1.98. The third-order valence-corrected chi connectivity index (χ3v) is 3.67. The largest absolute Gasteiger partial charge is 0.374 e. The molecule has 0 saturated carbocycles. The Kier molecular flexibility index (Phi) is 4.91. The van der Waals surface area contributed by atoms with Crippen molar-refractivity contribution in [2.24, 2.45) is 5.73 Å². The van der Waals surface area contributed by atoms with Crippen LogP contribution >= 0.6 is 0 Å². The van der Waals surface area contributed by atoms with E-state index in [1.54, 1.807) is 6.07 Å². The number of halogens is 1. The Labute approximate surface area is 125 Å². The number of benzene rings is 1. The summed E-state index contributed by atoms with van der Waals surface area (Å²) >= 11 is 0. The van der Waals surface area contributed by atoms with Crippen LogP contribution in [-0.4, -0.2) is 18.6 Å². The Morgan fingerprint density at radius 3 is 2.62 bits per heavy atom. The number of nitrogens with two attached hydrogens (primary N) is 1. The summed E-state index contributed by atoms with van der Waals surface area (Å²) in [7, 11) is 2.06. The van der Waals surface area contributed by atoms with E-state index in [1.165, 1.54) is 29.1 Å². The Hall–Kier alpha value is -1.94. The van der Waals surface area contributed by atoms with Crippen molar-refractivity contribution in [1.82, 2.24) is 4.98 Å². The quantitative estimate of drug-likeness (QED) is 0.917. The molecule has 1 aromatic carbocycles. The molecule has 0 fully saturated rings. The molecule has 3 nitrogen and oxygen atoms in total. The molecule has 2 N–H and O–H groups in total. The van der Waals surface area contributed by atoms with E-state index in [0.717, 1.165) is 18.7 Å². The second-order valence-electron chi connectivity index (χ2n) is 5.51. The molecule has 1 unspecified atom stereocenters. The zero-order valence-corrected chi connectivity index (χ0v) is 12.8. The van der Waals surface area contributed by atoms with Crippen molar-refractivity contribution in [2.45, 2.75) is 26.3 Å². The lowest BCUT2D eigenvalue weighted by atomic mass is 10.1. The molecule has 0 bridgehead atoms. The number of hydrogen-bond acceptors (Lipinski definition) is 3. The summed E-state index contributed by atoms with van der Waals surface area (Å²) in [5.74, 6) is -0.335. The molecule has 2 aromatic rings. The maximum atomic E-state index is 12.9. The van der Waals surface area contributed by atoms with Crippen molar-refractivity contribution >= 4 is 5.69 Å². The molecule has 0 amide bonds. The molecule has 0 aliphatic rings. The highest BCUT2D eigenvalue weighted by Gasteiger charge is 2.10. The molecule has 1 heterocycles. The first-order chi connectivity index (χ1) is 9.97. The minimum Gasteiger partial charge on any atom is -0.374 e. The van der Waals surface area contributed by atoms with Crippen molar-refractivity contribution in [2.75, 3.05) is 18.5 Å². The Balaban J connectivity index is 1.97. The number of aromatic nitrogens is 1. The van der Waals surface area contributed by atoms with Gasteiger partial charge in [0.25, 0.3) is 0 Å². The van der Waals surface area contributed by atoms with Crippen molar-refractivity contribution in [3.63, 3.8) is 0 Å². The van der Waals surface area contributed by atoms with Crippen LogP contribution in [0.2, 0.25) is 0 Å². The molecule has 0 spiro atoms. The van der Waals surface area contributed by atoms with Gasteiger partial charge < -0.3 is 10.6 Å². The summed E-state index contributed by atoms with van der Waals surface area (Å²) in [6.45, 7) is 5.03. The van der Waals surface area contributed by atoms with Gasteiger partial charge in [-0.15, -0.1) is 0 Å². The zero-order chi connectivity index (χ0) is 15.4. The monoisotopic (exact) mass is 287 g/mol. The van der Waals surface area contributed by atoms with Gasteiger partial charge in [0.2, 0.25) is 0 Å². The van der Waals surface area contributed by atoms with E-state index in [4.69, 9.17) is 5.73 Å². The number of anilines is 1. The van der Waals surface area contributed by atoms with Gasteiger partial charge in [-0.2, -0.15) is 0 Å². The first kappa shape index (κ1) is 15.4. The van der Waals surface area contributed by atoms with Crippen LogP contribution in [0.3, 0.4) is 0 Å². The number of aryl methyl sites for hydroxylation is 2. The standard InChI is InChI=1S/C17H22FN3/c1-12-4-7-17(13(2)10-12)21(3)9-8-15(19)16-6-5-14(18)11-20-16/h4-7,10-11,15H,8-9,19H2,1-3H3. The van der Waals surface area contributed by atoms with E-state index in [9.17, 15) is 4.39 Å². The lowest BCUT2D eigenvalue weighted by molar-refractivity contribution is 0.600. The summed E-state index contributed by atoms with van der Waals surface area (Å²) in [6, 6.07) is 9.28. The van der Waals surface area contributed by atoms with Crippen LogP contribution in [0.5, 0.6) is 0 Å². The number of rotatable bonds is 5. The van der Waals surface area contributed by atoms with Crippen LogP contribution in [0.15, 0.2) is 36.5 Å². The molecule has 0 saturated heterocycles. The van der Waals surface area contributed by atoms with Crippen LogP contribution in [0.1, 0.15) is 29.3 Å². The van der Waals surface area contributed by atoms with Gasteiger partial charge in [0, 0.05) is 25.3 Å². The summed E-state index contributed by atoms with van der Waals surface area (Å²) in [4.78, 5) is 6.23. The van der Waals surface area contributed by atoms with Crippen LogP contribution in [0, 0.1) is 19.7 Å². The highest BCUT2D eigenvalue weighted by molar-refractivity contribution is 5.53. The molecule has 1 atom stereocenters. The van der Waals surface area contributed by atoms with Gasteiger partial charge >= 0.3 is 0 Å². The predicted octanol–water partition coefficient (Wildman–Crippen LogP) is 3.36. The van der Waals surface area contributed by atoms with Crippen molar-refractivity contribution in [3.8, 4) is 0 Å². The van der Waals surface area contributed by atoms with Crippen LogP contribution in [0.25, 0.3) is 0 Å². The van der Waals surface area contributed by atoms with Gasteiger partial charge in [-0.1, -0.05) is 17.7 Å². The van der Waals surface area contributed by atoms with Gasteiger partial charge in [-0.05, 0) is 44.0 Å². The van der Waals surface area contributed by atoms with Crippen molar-refractivity contribution in [3.05, 3.63) is 59.2 Å². The van der Waals surface area contributed by atoms with Crippen LogP contribution in [-0.2, 0) is 0 Å². The lowest BCUT2D eigenvalue weighted by Gasteiger charge is -2.23. The van der Waals surface area contributed by atoms with E-state index in [2.05, 4.69) is 49.0 Å². The smallest absolute Gasteiger partial charge is 0.141 e. The molecule has 0 aliphatic carbocycles. The fourth-order valence-electron chi connectivity index (χ4n) is 2.44. The van der Waals surface area contributed by atoms with E-state index in [0.29, 0.717) is 0 Å². The fourth-order valence-corrected chi connectivity index (χ4v) is 2.44. The van der Waals surface area contributed by atoms with Gasteiger partial charge in [-0.25, -0.2) is 4.39 Å². The minimum atomic E-state index is -0.335. The average molecular weight is 287 g/mol. The number of nitrogens with zero attached hydrogens (tertiary/aromatic N) is 2. The highest BCUT2D eigenvalue weighted by Crippen LogP contribution is 2.21. The molecule has 4 heteroatoms. The maximum Gasteiger partial charge on any atom is 0.141 e. The zero-order valence-electron chi connectivity index (χ0n) is 12.8. The fraction of sp³-hybridized carbons (Fsp3) is 0.353. The van der Waals surface area contributed by atoms with Crippen molar-refractivity contribution < 1.29 is 4.39 Å². The Bertz CT molecular complexity index is 595. The third-order valence-electron chi connectivity index (χ3n) is 3.67. The van der Waals surface area contributed by atoms with Gasteiger partial charge in [0.1, 0.15) is 5.82 Å². The predicted molar refractivity (Wildman–Crippen MR) is 84.9 cm³/mol. The first-order valence-electron chi connectivity index (χ1n) is 7.13. The van der Waals surface area contributed by atoms with Gasteiger partial charge in [0.15, 0.2) is 0 Å². The van der Waals surface area contributed by atoms with E-state index in [-0.39, 0.29) is 11.9 Å². The second kappa shape index (κ2) is 6.68. The normalized spacial score (nSPS) is 12.2. The highest BCUT2D eigenvalue weighted by atomic mass is 19.1. The summed E-state index contributed by atoms with van der Waals surface area (Å²) in [5, 5.41) is 0. The van der Waals surface area contributed by atoms with Crippen LogP contribution in [0.4, 0.5) is 10.1 Å². The number of pyridine rings is 1. The summed E-state index contributed by atoms with van der Waals surface area (Å²) < 4.78 is 12.9. The van der Waals surface area contributed by atoms with E-state index < -0.39 is 0 Å². The SMILES string of the molecule is Cc1ccc(N(C)CCC(N)c2ccc(F)cn2)c(C)c1. The van der Waals surface area contributed by atoms with Crippen LogP contribution < -0.4 is 10.6 Å². The van der Waals surface area contributed by atoms with Crippen molar-refractivity contribution in [1.29, 1.82) is 0 Å². The molecular formula is C17H22FN3. The van der Waals surface area contributed by atoms with Gasteiger partial charge in [-0.3, -0.25) is 4.98 Å². The van der Waals surface area contributed by atoms with Gasteiger partial charge in [0.05, 0.1) is 11.9 Å². The molecule has 0 aliphatic heterocycles. The molecule has 21 heavy (non-hydrogen) atoms. The average Bonchev–Trinajstić information content (AvgIpc) is 2.45. The molecule has 0 radical (unpaired) electrons. The molecule has 1 aromatic heterocycles. The second-order valence-corrected chi connectivity index (χ2v) is 5.51. The molecular weight excluding hydrogens is 265 g/mol. The first-order valence-corrected chi connectivity index (χ1v) is 7.13. The van der Waals surface area contributed by atoms with E-state index >= 15 is 0 Å². The Morgan fingerprint density at radius 1 is 1.24 bits per heavy atom. The van der Waals surface area contributed by atoms with E-state index in [1.807, 2.05) is 0 Å². The topological polar surface area (TPSA) is 42.1 Å². The Morgan fingerprint density at radius 2 is 2.00 bits per heavy atom. The maximum absolute atomic E-state index is 12.9. The lowest BCUT2D eigenvalue weighted by Crippen LogP contribution is -2.24. The molecule has 112 valence electrons. The minimum absolute atomic E-state index is 0.182. The summed E-state index contributed by atoms with van der Waals surface area (Å²) in [5.41, 5.74) is 10.6.